The monoisotopic (exact) mass is 248 g/mol. The number of hydrogen-bond donors (Lipinski definition) is 1. The Kier molecular flexibility index (Phi) is 4.70. The summed E-state index contributed by atoms with van der Waals surface area (Å²) in [6.07, 6.45) is 7.14. The highest BCUT2D eigenvalue weighted by molar-refractivity contribution is 5.67. The maximum atomic E-state index is 10.7. The lowest BCUT2D eigenvalue weighted by atomic mass is 9.94. The summed E-state index contributed by atoms with van der Waals surface area (Å²) in [4.78, 5) is 17.1. The molecule has 1 aliphatic rings. The Balaban J connectivity index is 1.77. The van der Waals surface area contributed by atoms with Crippen molar-refractivity contribution < 1.29 is 9.90 Å². The molecule has 1 N–H and O–H groups in total. The zero-order valence-electron chi connectivity index (χ0n) is 10.6. The van der Waals surface area contributed by atoms with Gasteiger partial charge in [-0.2, -0.15) is 0 Å². The van der Waals surface area contributed by atoms with Crippen molar-refractivity contribution in [1.82, 2.24) is 9.88 Å². The number of carboxylic acid groups (broad SMARTS) is 1. The molecule has 4 nitrogen and oxygen atoms in total. The predicted octanol–water partition coefficient (Wildman–Crippen LogP) is 1.81. The Labute approximate surface area is 108 Å². The summed E-state index contributed by atoms with van der Waals surface area (Å²) in [5, 5.41) is 8.83. The first-order valence-corrected chi connectivity index (χ1v) is 6.57. The van der Waals surface area contributed by atoms with Gasteiger partial charge in [0.05, 0.1) is 0 Å². The number of hydrogen-bond acceptors (Lipinski definition) is 3. The minimum absolute atomic E-state index is 0.311. The van der Waals surface area contributed by atoms with Gasteiger partial charge in [-0.05, 0) is 49.4 Å². The number of carbonyl (C=O) groups is 1. The molecule has 0 spiro atoms. The van der Waals surface area contributed by atoms with Gasteiger partial charge in [-0.3, -0.25) is 9.78 Å². The van der Waals surface area contributed by atoms with E-state index in [9.17, 15) is 4.79 Å². The highest BCUT2D eigenvalue weighted by Gasteiger charge is 2.21. The van der Waals surface area contributed by atoms with E-state index in [4.69, 9.17) is 5.11 Å². The molecule has 0 aromatic carbocycles. The summed E-state index contributed by atoms with van der Waals surface area (Å²) in [5.41, 5.74) is 1.30. The second kappa shape index (κ2) is 6.50. The Morgan fingerprint density at radius 1 is 1.44 bits per heavy atom. The van der Waals surface area contributed by atoms with Crippen molar-refractivity contribution in [3.05, 3.63) is 30.1 Å². The zero-order chi connectivity index (χ0) is 12.8. The van der Waals surface area contributed by atoms with Gasteiger partial charge in [0.15, 0.2) is 0 Å². The van der Waals surface area contributed by atoms with E-state index in [2.05, 4.69) is 9.88 Å². The number of aliphatic carboxylic acids is 1. The second-order valence-corrected chi connectivity index (χ2v) is 5.01. The molecule has 4 heteroatoms. The zero-order valence-corrected chi connectivity index (χ0v) is 10.6. The number of rotatable bonds is 5. The summed E-state index contributed by atoms with van der Waals surface area (Å²) in [5.74, 6) is -0.343. The smallest absolute Gasteiger partial charge is 0.303 e. The number of carboxylic acids is 1. The summed E-state index contributed by atoms with van der Waals surface area (Å²) in [7, 11) is 0. The number of nitrogens with zero attached hydrogens (tertiary/aromatic N) is 2. The van der Waals surface area contributed by atoms with Gasteiger partial charge >= 0.3 is 5.97 Å². The number of likely N-dealkylation sites (tertiary alicyclic amines) is 1. The lowest BCUT2D eigenvalue weighted by molar-refractivity contribution is -0.138. The third kappa shape index (κ3) is 4.11. The third-order valence-corrected chi connectivity index (χ3v) is 3.53. The molecule has 0 bridgehead atoms. The normalized spacial score (nSPS) is 20.8. The first kappa shape index (κ1) is 13.0. The van der Waals surface area contributed by atoms with Crippen molar-refractivity contribution in [3.63, 3.8) is 0 Å². The van der Waals surface area contributed by atoms with Crippen molar-refractivity contribution in [3.8, 4) is 0 Å². The average molecular weight is 248 g/mol. The molecule has 2 rings (SSSR count). The predicted molar refractivity (Wildman–Crippen MR) is 69.4 cm³/mol. The molecular formula is C14H20N2O2. The fourth-order valence-corrected chi connectivity index (χ4v) is 2.60. The topological polar surface area (TPSA) is 53.4 Å². The van der Waals surface area contributed by atoms with Crippen molar-refractivity contribution in [2.75, 3.05) is 19.6 Å². The van der Waals surface area contributed by atoms with Crippen LogP contribution in [0.1, 0.15) is 24.8 Å². The van der Waals surface area contributed by atoms with E-state index in [0.29, 0.717) is 12.3 Å². The Bertz CT molecular complexity index is 381. The molecule has 1 unspecified atom stereocenters. The number of pyridine rings is 1. The first-order chi connectivity index (χ1) is 8.74. The van der Waals surface area contributed by atoms with Crippen molar-refractivity contribution in [2.45, 2.75) is 25.7 Å². The molecule has 1 aliphatic heterocycles. The van der Waals surface area contributed by atoms with E-state index in [-0.39, 0.29) is 0 Å². The molecule has 1 aromatic heterocycles. The highest BCUT2D eigenvalue weighted by atomic mass is 16.4. The maximum Gasteiger partial charge on any atom is 0.303 e. The quantitative estimate of drug-likeness (QED) is 0.863. The van der Waals surface area contributed by atoms with Gasteiger partial charge in [0.1, 0.15) is 0 Å². The first-order valence-electron chi connectivity index (χ1n) is 6.57. The molecule has 1 atom stereocenters. The molecule has 0 radical (unpaired) electrons. The van der Waals surface area contributed by atoms with Gasteiger partial charge in [0, 0.05) is 31.9 Å². The molecule has 0 aliphatic carbocycles. The van der Waals surface area contributed by atoms with Crippen molar-refractivity contribution in [2.24, 2.45) is 5.92 Å². The van der Waals surface area contributed by atoms with E-state index >= 15 is 0 Å². The fourth-order valence-electron chi connectivity index (χ4n) is 2.60. The van der Waals surface area contributed by atoms with Crippen molar-refractivity contribution in [1.29, 1.82) is 0 Å². The van der Waals surface area contributed by atoms with Gasteiger partial charge in [-0.1, -0.05) is 0 Å². The summed E-state index contributed by atoms with van der Waals surface area (Å²) in [6.45, 7) is 3.04. The second-order valence-electron chi connectivity index (χ2n) is 5.01. The maximum absolute atomic E-state index is 10.7. The molecular weight excluding hydrogens is 228 g/mol. The minimum atomic E-state index is -0.670. The van der Waals surface area contributed by atoms with E-state index in [0.717, 1.165) is 38.9 Å². The summed E-state index contributed by atoms with van der Waals surface area (Å²) >= 11 is 0. The average Bonchev–Trinajstić information content (AvgIpc) is 2.37. The van der Waals surface area contributed by atoms with E-state index in [1.165, 1.54) is 5.56 Å². The van der Waals surface area contributed by atoms with Crippen LogP contribution in [0.4, 0.5) is 0 Å². The van der Waals surface area contributed by atoms with Gasteiger partial charge in [0.2, 0.25) is 0 Å². The lowest BCUT2D eigenvalue weighted by Crippen LogP contribution is -2.37. The molecule has 0 amide bonds. The number of piperidine rings is 1. The van der Waals surface area contributed by atoms with Crippen LogP contribution in [-0.2, 0) is 11.2 Å². The molecule has 1 fully saturated rings. The number of aromatic nitrogens is 1. The van der Waals surface area contributed by atoms with Crippen LogP contribution in [0.3, 0.4) is 0 Å². The Morgan fingerprint density at radius 2 is 2.22 bits per heavy atom. The third-order valence-electron chi connectivity index (χ3n) is 3.53. The van der Waals surface area contributed by atoms with Crippen LogP contribution in [0.2, 0.25) is 0 Å². The van der Waals surface area contributed by atoms with E-state index < -0.39 is 5.97 Å². The van der Waals surface area contributed by atoms with Crippen LogP contribution < -0.4 is 0 Å². The van der Waals surface area contributed by atoms with Crippen LogP contribution >= 0.6 is 0 Å². The molecule has 98 valence electrons. The molecule has 0 saturated carbocycles. The molecule has 1 saturated heterocycles. The van der Waals surface area contributed by atoms with Crippen LogP contribution in [0.25, 0.3) is 0 Å². The van der Waals surface area contributed by atoms with Crippen LogP contribution in [0.5, 0.6) is 0 Å². The van der Waals surface area contributed by atoms with Crippen LogP contribution in [0, 0.1) is 5.92 Å². The van der Waals surface area contributed by atoms with Gasteiger partial charge < -0.3 is 10.0 Å². The largest absolute Gasteiger partial charge is 0.481 e. The Hall–Kier alpha value is -1.42. The SMILES string of the molecule is O=C(O)CC1CCCN(CCc2ccncc2)C1. The summed E-state index contributed by atoms with van der Waals surface area (Å²) in [6, 6.07) is 4.08. The van der Waals surface area contributed by atoms with E-state index in [1.807, 2.05) is 24.5 Å². The van der Waals surface area contributed by atoms with Crippen LogP contribution in [0.15, 0.2) is 24.5 Å². The van der Waals surface area contributed by atoms with Gasteiger partial charge in [-0.25, -0.2) is 0 Å². The fraction of sp³-hybridized carbons (Fsp3) is 0.571. The van der Waals surface area contributed by atoms with Gasteiger partial charge in [0.25, 0.3) is 0 Å². The Morgan fingerprint density at radius 3 is 2.94 bits per heavy atom. The standard InChI is InChI=1S/C14H20N2O2/c17-14(18)10-13-2-1-8-16(11-13)9-5-12-3-6-15-7-4-12/h3-4,6-7,13H,1-2,5,8-11H2,(H,17,18). The molecule has 1 aromatic rings. The van der Waals surface area contributed by atoms with Crippen molar-refractivity contribution >= 4 is 5.97 Å². The molecule has 18 heavy (non-hydrogen) atoms. The minimum Gasteiger partial charge on any atom is -0.481 e. The van der Waals surface area contributed by atoms with E-state index in [1.54, 1.807) is 0 Å². The van der Waals surface area contributed by atoms with Crippen LogP contribution in [-0.4, -0.2) is 40.6 Å². The highest BCUT2D eigenvalue weighted by Crippen LogP contribution is 2.19. The molecule has 2 heterocycles. The lowest BCUT2D eigenvalue weighted by Gasteiger charge is -2.32. The van der Waals surface area contributed by atoms with Gasteiger partial charge in [-0.15, -0.1) is 0 Å². The summed E-state index contributed by atoms with van der Waals surface area (Å²) < 4.78 is 0.